The first-order valence-electron chi connectivity index (χ1n) is 12.0. The number of anilines is 1. The molecule has 0 radical (unpaired) electrons. The summed E-state index contributed by atoms with van der Waals surface area (Å²) < 4.78 is 27.1. The van der Waals surface area contributed by atoms with Crippen LogP contribution in [0.4, 0.5) is 11.4 Å². The van der Waals surface area contributed by atoms with Crippen LogP contribution in [0.5, 0.6) is 5.88 Å². The van der Waals surface area contributed by atoms with Gasteiger partial charge < -0.3 is 15.0 Å². The number of amides is 1. The highest BCUT2D eigenvalue weighted by Crippen LogP contribution is 2.32. The molecular formula is C28H30N4O4S. The number of carbonyl (C=O) groups is 1. The number of likely N-dealkylation sites (N-methyl/N-ethyl adjacent to an activating group) is 1. The predicted octanol–water partition coefficient (Wildman–Crippen LogP) is 4.68. The predicted molar refractivity (Wildman–Crippen MR) is 148 cm³/mol. The van der Waals surface area contributed by atoms with Crippen molar-refractivity contribution in [2.75, 3.05) is 30.7 Å². The second kappa shape index (κ2) is 10.9. The zero-order valence-electron chi connectivity index (χ0n) is 21.0. The summed E-state index contributed by atoms with van der Waals surface area (Å²) in [5.41, 5.74) is 3.71. The lowest BCUT2D eigenvalue weighted by molar-refractivity contribution is -0.127. The van der Waals surface area contributed by atoms with Gasteiger partial charge >= 0.3 is 0 Å². The fraction of sp³-hybridized carbons (Fsp3) is 0.214. The molecule has 192 valence electrons. The number of hydrogen-bond acceptors (Lipinski definition) is 5. The number of sulfonamides is 1. The molecule has 0 aliphatic rings. The van der Waals surface area contributed by atoms with E-state index < -0.39 is 10.0 Å². The van der Waals surface area contributed by atoms with Gasteiger partial charge in [-0.05, 0) is 36.8 Å². The van der Waals surface area contributed by atoms with Gasteiger partial charge in [0.15, 0.2) is 5.88 Å². The summed E-state index contributed by atoms with van der Waals surface area (Å²) in [6, 6.07) is 23.8. The molecule has 0 aliphatic heterocycles. The third-order valence-corrected chi connectivity index (χ3v) is 7.86. The third kappa shape index (κ3) is 5.67. The fourth-order valence-electron chi connectivity index (χ4n) is 4.03. The van der Waals surface area contributed by atoms with E-state index in [9.17, 15) is 18.3 Å². The van der Waals surface area contributed by atoms with Crippen molar-refractivity contribution in [2.24, 2.45) is 4.99 Å². The van der Waals surface area contributed by atoms with Gasteiger partial charge in [-0.25, -0.2) is 13.4 Å². The van der Waals surface area contributed by atoms with Gasteiger partial charge in [0.1, 0.15) is 6.54 Å². The molecule has 1 amide bonds. The molecule has 1 aromatic heterocycles. The van der Waals surface area contributed by atoms with E-state index in [2.05, 4.69) is 4.98 Å². The number of fused-ring (bicyclic) bond motifs is 1. The van der Waals surface area contributed by atoms with Crippen molar-refractivity contribution < 1.29 is 18.3 Å². The van der Waals surface area contributed by atoms with Gasteiger partial charge in [0.05, 0.1) is 28.4 Å². The average molecular weight is 519 g/mol. The Bertz CT molecular complexity index is 1530. The Hall–Kier alpha value is -4.11. The maximum absolute atomic E-state index is 13.0. The summed E-state index contributed by atoms with van der Waals surface area (Å²) in [7, 11) is -0.499. The van der Waals surface area contributed by atoms with Crippen LogP contribution in [-0.2, 0) is 14.8 Å². The number of aliphatic imine (C=N–C) groups is 1. The van der Waals surface area contributed by atoms with E-state index in [0.717, 1.165) is 20.8 Å². The second-order valence-corrected chi connectivity index (χ2v) is 10.9. The minimum absolute atomic E-state index is 0.0134. The summed E-state index contributed by atoms with van der Waals surface area (Å²) in [5.74, 6) is -0.367. The Morgan fingerprint density at radius 1 is 0.946 bits per heavy atom. The van der Waals surface area contributed by atoms with Crippen molar-refractivity contribution >= 4 is 43.9 Å². The van der Waals surface area contributed by atoms with Crippen molar-refractivity contribution in [2.45, 2.75) is 13.3 Å². The van der Waals surface area contributed by atoms with Gasteiger partial charge in [-0.3, -0.25) is 9.10 Å². The van der Waals surface area contributed by atoms with E-state index in [1.165, 1.54) is 4.90 Å². The SMILES string of the molecule is CCCS(=O)(=O)N(CC(=O)N(C)C)c1ccc(N=C(c2ccccc2)c2c(O)[nH]c3ccccc23)cc1. The molecule has 9 heteroatoms. The Labute approximate surface area is 216 Å². The van der Waals surface area contributed by atoms with Crippen LogP contribution in [0.15, 0.2) is 83.9 Å². The average Bonchev–Trinajstić information content (AvgIpc) is 3.22. The molecule has 0 spiro atoms. The second-order valence-electron chi connectivity index (χ2n) is 8.85. The Balaban J connectivity index is 1.79. The van der Waals surface area contributed by atoms with E-state index >= 15 is 0 Å². The highest BCUT2D eigenvalue weighted by molar-refractivity contribution is 7.92. The van der Waals surface area contributed by atoms with Gasteiger partial charge in [0, 0.05) is 30.6 Å². The monoisotopic (exact) mass is 518 g/mol. The standard InChI is InChI=1S/C28H30N4O4S/c1-4-18-37(35,36)32(19-25(33)31(2)3)22-16-14-21(15-17-22)29-27(20-10-6-5-7-11-20)26-23-12-8-9-13-24(23)30-28(26)34/h5-17,30,34H,4,18-19H2,1-3H3. The van der Waals surface area contributed by atoms with E-state index in [4.69, 9.17) is 4.99 Å². The quantitative estimate of drug-likeness (QED) is 0.314. The summed E-state index contributed by atoms with van der Waals surface area (Å²) >= 11 is 0. The number of benzene rings is 3. The molecule has 0 saturated carbocycles. The molecule has 37 heavy (non-hydrogen) atoms. The molecule has 2 N–H and O–H groups in total. The number of carbonyl (C=O) groups excluding carboxylic acids is 1. The van der Waals surface area contributed by atoms with Gasteiger partial charge in [0.2, 0.25) is 15.9 Å². The normalized spacial score (nSPS) is 12.0. The Kier molecular flexibility index (Phi) is 7.63. The third-order valence-electron chi connectivity index (χ3n) is 5.92. The van der Waals surface area contributed by atoms with Crippen LogP contribution < -0.4 is 4.31 Å². The highest BCUT2D eigenvalue weighted by Gasteiger charge is 2.25. The van der Waals surface area contributed by atoms with Crippen LogP contribution in [0.1, 0.15) is 24.5 Å². The molecule has 8 nitrogen and oxygen atoms in total. The van der Waals surface area contributed by atoms with Crippen molar-refractivity contribution in [3.05, 3.63) is 90.0 Å². The summed E-state index contributed by atoms with van der Waals surface area (Å²) in [5, 5.41) is 11.6. The molecule has 1 heterocycles. The van der Waals surface area contributed by atoms with Crippen LogP contribution in [0, 0.1) is 0 Å². The van der Waals surface area contributed by atoms with Crippen molar-refractivity contribution in [3.8, 4) is 5.88 Å². The summed E-state index contributed by atoms with van der Waals surface area (Å²) in [6.45, 7) is 1.50. The molecule has 0 atom stereocenters. The van der Waals surface area contributed by atoms with Crippen molar-refractivity contribution in [3.63, 3.8) is 0 Å². The van der Waals surface area contributed by atoms with Gasteiger partial charge in [-0.1, -0.05) is 55.5 Å². The van der Waals surface area contributed by atoms with Crippen LogP contribution in [0.3, 0.4) is 0 Å². The zero-order chi connectivity index (χ0) is 26.6. The van der Waals surface area contributed by atoms with Crippen molar-refractivity contribution in [1.82, 2.24) is 9.88 Å². The number of nitrogens with one attached hydrogen (secondary N) is 1. The van der Waals surface area contributed by atoms with Gasteiger partial charge in [-0.2, -0.15) is 0 Å². The maximum atomic E-state index is 13.0. The van der Waals surface area contributed by atoms with Crippen LogP contribution in [0.25, 0.3) is 10.9 Å². The Morgan fingerprint density at radius 2 is 1.59 bits per heavy atom. The number of hydrogen-bond donors (Lipinski definition) is 2. The maximum Gasteiger partial charge on any atom is 0.242 e. The number of nitrogens with zero attached hydrogens (tertiary/aromatic N) is 3. The van der Waals surface area contributed by atoms with Crippen LogP contribution >= 0.6 is 0 Å². The lowest BCUT2D eigenvalue weighted by atomic mass is 10.0. The lowest BCUT2D eigenvalue weighted by Gasteiger charge is -2.25. The molecule has 0 aliphatic carbocycles. The topological polar surface area (TPSA) is 106 Å². The number of rotatable bonds is 9. The van der Waals surface area contributed by atoms with Crippen LogP contribution in [-0.4, -0.2) is 61.4 Å². The summed E-state index contributed by atoms with van der Waals surface area (Å²) in [4.78, 5) is 21.6. The first-order valence-corrected chi connectivity index (χ1v) is 13.6. The molecule has 0 saturated heterocycles. The first-order chi connectivity index (χ1) is 17.7. The largest absolute Gasteiger partial charge is 0.494 e. The molecular weight excluding hydrogens is 488 g/mol. The number of aromatic nitrogens is 1. The lowest BCUT2D eigenvalue weighted by Crippen LogP contribution is -2.41. The molecule has 4 rings (SSSR count). The number of aromatic hydroxyl groups is 1. The molecule has 0 unspecified atom stereocenters. The fourth-order valence-corrected chi connectivity index (χ4v) is 5.52. The van der Waals surface area contributed by atoms with Gasteiger partial charge in [-0.15, -0.1) is 0 Å². The number of para-hydroxylation sites is 1. The first kappa shape index (κ1) is 26.0. The highest BCUT2D eigenvalue weighted by atomic mass is 32.2. The van der Waals surface area contributed by atoms with Crippen molar-refractivity contribution in [1.29, 1.82) is 0 Å². The van der Waals surface area contributed by atoms with E-state index in [0.29, 0.717) is 29.1 Å². The molecule has 3 aromatic carbocycles. The summed E-state index contributed by atoms with van der Waals surface area (Å²) in [6.07, 6.45) is 0.436. The van der Waals surface area contributed by atoms with Gasteiger partial charge in [0.25, 0.3) is 0 Å². The van der Waals surface area contributed by atoms with E-state index in [1.807, 2.05) is 54.6 Å². The Morgan fingerprint density at radius 3 is 2.24 bits per heavy atom. The number of aromatic amines is 1. The minimum atomic E-state index is -3.69. The number of H-pyrrole nitrogens is 1. The van der Waals surface area contributed by atoms with Crippen LogP contribution in [0.2, 0.25) is 0 Å². The smallest absolute Gasteiger partial charge is 0.242 e. The zero-order valence-corrected chi connectivity index (χ0v) is 21.9. The molecule has 0 bridgehead atoms. The minimum Gasteiger partial charge on any atom is -0.494 e. The van der Waals surface area contributed by atoms with E-state index in [-0.39, 0.29) is 24.1 Å². The van der Waals surface area contributed by atoms with E-state index in [1.54, 1.807) is 45.3 Å². The molecule has 4 aromatic rings. The molecule has 0 fully saturated rings.